The molecule has 30 heavy (non-hydrogen) atoms. The third kappa shape index (κ3) is 4.84. The average Bonchev–Trinajstić information content (AvgIpc) is 2.75. The normalized spacial score (nSPS) is 18.6. The van der Waals surface area contributed by atoms with Gasteiger partial charge in [0.25, 0.3) is 0 Å². The first-order valence-electron chi connectivity index (χ1n) is 10.2. The summed E-state index contributed by atoms with van der Waals surface area (Å²) in [6.45, 7) is 6.25. The highest BCUT2D eigenvalue weighted by atomic mass is 32.2. The minimum absolute atomic E-state index is 0.112. The first-order valence-corrected chi connectivity index (χ1v) is 11.7. The molecule has 6 nitrogen and oxygen atoms in total. The number of ether oxygens (including phenoxy) is 1. The molecule has 0 bridgehead atoms. The molecule has 2 aromatic rings. The molecule has 3 rings (SSSR count). The van der Waals surface area contributed by atoms with E-state index < -0.39 is 10.0 Å². The van der Waals surface area contributed by atoms with Gasteiger partial charge < -0.3 is 10.1 Å². The van der Waals surface area contributed by atoms with Gasteiger partial charge in [-0.05, 0) is 68.5 Å². The van der Waals surface area contributed by atoms with Gasteiger partial charge in [0.1, 0.15) is 5.75 Å². The van der Waals surface area contributed by atoms with Crippen molar-refractivity contribution < 1.29 is 17.9 Å². The lowest BCUT2D eigenvalue weighted by Gasteiger charge is -2.32. The highest BCUT2D eigenvalue weighted by Crippen LogP contribution is 2.27. The Morgan fingerprint density at radius 2 is 1.87 bits per heavy atom. The van der Waals surface area contributed by atoms with E-state index in [1.165, 1.54) is 4.31 Å². The van der Waals surface area contributed by atoms with Crippen LogP contribution in [0.25, 0.3) is 0 Å². The van der Waals surface area contributed by atoms with Crippen molar-refractivity contribution in [3.05, 3.63) is 59.2 Å². The van der Waals surface area contributed by atoms with E-state index in [2.05, 4.69) is 5.32 Å². The average molecular weight is 431 g/mol. The van der Waals surface area contributed by atoms with Gasteiger partial charge in [-0.15, -0.1) is 0 Å². The third-order valence-corrected chi connectivity index (χ3v) is 7.70. The van der Waals surface area contributed by atoms with E-state index in [1.807, 2.05) is 50.2 Å². The molecule has 1 aliphatic heterocycles. The Kier molecular flexibility index (Phi) is 6.83. The van der Waals surface area contributed by atoms with Crippen LogP contribution in [0, 0.1) is 19.8 Å². The molecule has 2 atom stereocenters. The molecule has 1 saturated heterocycles. The Morgan fingerprint density at radius 3 is 2.53 bits per heavy atom. The van der Waals surface area contributed by atoms with E-state index in [1.54, 1.807) is 20.1 Å². The van der Waals surface area contributed by atoms with Gasteiger partial charge in [-0.3, -0.25) is 4.79 Å². The third-order valence-electron chi connectivity index (χ3n) is 5.69. The molecule has 162 valence electrons. The number of amides is 1. The Hall–Kier alpha value is -2.38. The summed E-state index contributed by atoms with van der Waals surface area (Å²) >= 11 is 0. The number of sulfonamides is 1. The Labute approximate surface area is 179 Å². The monoisotopic (exact) mass is 430 g/mol. The summed E-state index contributed by atoms with van der Waals surface area (Å²) < 4.78 is 33.1. The first kappa shape index (κ1) is 22.3. The number of nitrogens with zero attached hydrogens (tertiary/aromatic N) is 1. The van der Waals surface area contributed by atoms with Crippen molar-refractivity contribution in [1.82, 2.24) is 9.62 Å². The predicted octanol–water partition coefficient (Wildman–Crippen LogP) is 3.59. The molecule has 7 heteroatoms. The molecule has 1 heterocycles. The minimum Gasteiger partial charge on any atom is -0.497 e. The zero-order valence-electron chi connectivity index (χ0n) is 18.0. The van der Waals surface area contributed by atoms with E-state index in [4.69, 9.17) is 4.74 Å². The van der Waals surface area contributed by atoms with Crippen molar-refractivity contribution in [3.63, 3.8) is 0 Å². The van der Waals surface area contributed by atoms with E-state index in [0.717, 1.165) is 22.4 Å². The summed E-state index contributed by atoms with van der Waals surface area (Å²) in [4.78, 5) is 13.2. The lowest BCUT2D eigenvalue weighted by molar-refractivity contribution is -0.126. The molecule has 2 aromatic carbocycles. The highest BCUT2D eigenvalue weighted by molar-refractivity contribution is 7.89. The van der Waals surface area contributed by atoms with Crippen molar-refractivity contribution in [3.8, 4) is 5.75 Å². The number of nitrogens with one attached hydrogen (secondary N) is 1. The fourth-order valence-corrected chi connectivity index (χ4v) is 5.64. The van der Waals surface area contributed by atoms with Crippen molar-refractivity contribution in [2.75, 3.05) is 20.2 Å². The largest absolute Gasteiger partial charge is 0.497 e. The van der Waals surface area contributed by atoms with Gasteiger partial charge in [0, 0.05) is 13.1 Å². The SMILES string of the molecule is COc1ccc(C(C)NC(=O)C2CCCN(S(=O)(=O)c3cc(C)ccc3C)C2)cc1. The zero-order chi connectivity index (χ0) is 21.9. The second kappa shape index (κ2) is 9.18. The van der Waals surface area contributed by atoms with Crippen LogP contribution in [0.1, 0.15) is 42.5 Å². The number of carbonyl (C=O) groups is 1. The number of hydrogen-bond acceptors (Lipinski definition) is 4. The zero-order valence-corrected chi connectivity index (χ0v) is 18.8. The summed E-state index contributed by atoms with van der Waals surface area (Å²) in [7, 11) is -2.02. The van der Waals surface area contributed by atoms with Crippen LogP contribution in [0.15, 0.2) is 47.4 Å². The molecule has 0 aliphatic carbocycles. The second-order valence-corrected chi connectivity index (χ2v) is 9.88. The van der Waals surface area contributed by atoms with Crippen molar-refractivity contribution in [1.29, 1.82) is 0 Å². The molecule has 0 aromatic heterocycles. The summed E-state index contributed by atoms with van der Waals surface area (Å²) in [6, 6.07) is 12.8. The van der Waals surface area contributed by atoms with E-state index >= 15 is 0 Å². The quantitative estimate of drug-likeness (QED) is 0.760. The molecule has 1 N–H and O–H groups in total. The molecule has 0 radical (unpaired) electrons. The lowest BCUT2D eigenvalue weighted by atomic mass is 9.98. The van der Waals surface area contributed by atoms with Crippen LogP contribution in [-0.2, 0) is 14.8 Å². The molecule has 1 fully saturated rings. The van der Waals surface area contributed by atoms with Crippen LogP contribution >= 0.6 is 0 Å². The van der Waals surface area contributed by atoms with Crippen molar-refractivity contribution in [2.45, 2.75) is 44.6 Å². The van der Waals surface area contributed by atoms with Gasteiger partial charge in [0.05, 0.1) is 24.0 Å². The maximum atomic E-state index is 13.2. The molecular formula is C23H30N2O4S. The Bertz CT molecular complexity index is 1000. The number of benzene rings is 2. The topological polar surface area (TPSA) is 75.7 Å². The Balaban J connectivity index is 1.70. The summed E-state index contributed by atoms with van der Waals surface area (Å²) in [5, 5.41) is 3.03. The number of hydrogen-bond donors (Lipinski definition) is 1. The second-order valence-electron chi connectivity index (χ2n) is 7.97. The first-order chi connectivity index (χ1) is 14.2. The van der Waals surface area contributed by atoms with Gasteiger partial charge >= 0.3 is 0 Å². The smallest absolute Gasteiger partial charge is 0.243 e. The molecule has 1 amide bonds. The van der Waals surface area contributed by atoms with Crippen LogP contribution in [0.5, 0.6) is 5.75 Å². The van der Waals surface area contributed by atoms with Gasteiger partial charge in [0.15, 0.2) is 0 Å². The number of piperidine rings is 1. The van der Waals surface area contributed by atoms with Crippen LogP contribution in [-0.4, -0.2) is 38.8 Å². The molecule has 1 aliphatic rings. The van der Waals surface area contributed by atoms with Crippen molar-refractivity contribution in [2.24, 2.45) is 5.92 Å². The standard InChI is InChI=1S/C23H30N2O4S/c1-16-7-8-17(2)22(14-16)30(27,28)25-13-5-6-20(15-25)23(26)24-18(3)19-9-11-21(29-4)12-10-19/h7-12,14,18,20H,5-6,13,15H2,1-4H3,(H,24,26). The van der Waals surface area contributed by atoms with Gasteiger partial charge in [-0.1, -0.05) is 24.3 Å². The summed E-state index contributed by atoms with van der Waals surface area (Å²) in [5.41, 5.74) is 2.60. The minimum atomic E-state index is -3.63. The highest BCUT2D eigenvalue weighted by Gasteiger charge is 2.34. The van der Waals surface area contributed by atoms with Gasteiger partial charge in [0.2, 0.25) is 15.9 Å². The Morgan fingerprint density at radius 1 is 1.17 bits per heavy atom. The van der Waals surface area contributed by atoms with E-state index in [-0.39, 0.29) is 24.4 Å². The number of rotatable bonds is 6. The maximum Gasteiger partial charge on any atom is 0.243 e. The van der Waals surface area contributed by atoms with E-state index in [0.29, 0.717) is 24.3 Å². The van der Waals surface area contributed by atoms with Crippen LogP contribution in [0.2, 0.25) is 0 Å². The fraction of sp³-hybridized carbons (Fsp3) is 0.435. The van der Waals surface area contributed by atoms with Crippen LogP contribution in [0.3, 0.4) is 0 Å². The summed E-state index contributed by atoms with van der Waals surface area (Å²) in [6.07, 6.45) is 1.35. The predicted molar refractivity (Wildman–Crippen MR) is 117 cm³/mol. The number of aryl methyl sites for hydroxylation is 2. The fourth-order valence-electron chi connectivity index (χ4n) is 3.81. The van der Waals surface area contributed by atoms with Gasteiger partial charge in [-0.2, -0.15) is 4.31 Å². The molecule has 2 unspecified atom stereocenters. The van der Waals surface area contributed by atoms with E-state index in [9.17, 15) is 13.2 Å². The maximum absolute atomic E-state index is 13.2. The summed E-state index contributed by atoms with van der Waals surface area (Å²) in [5.74, 6) is 0.287. The molecule has 0 spiro atoms. The lowest BCUT2D eigenvalue weighted by Crippen LogP contribution is -2.45. The molecule has 0 saturated carbocycles. The number of methoxy groups -OCH3 is 1. The number of carbonyl (C=O) groups excluding carboxylic acids is 1. The van der Waals surface area contributed by atoms with Crippen molar-refractivity contribution >= 4 is 15.9 Å². The van der Waals surface area contributed by atoms with Gasteiger partial charge in [-0.25, -0.2) is 8.42 Å². The van der Waals surface area contributed by atoms with Crippen LogP contribution < -0.4 is 10.1 Å². The van der Waals surface area contributed by atoms with Crippen LogP contribution in [0.4, 0.5) is 0 Å². The molecular weight excluding hydrogens is 400 g/mol.